The monoisotopic (exact) mass is 294 g/mol. The first-order chi connectivity index (χ1) is 10.8. The van der Waals surface area contributed by atoms with Gasteiger partial charge in [-0.25, -0.2) is 0 Å². The van der Waals surface area contributed by atoms with Crippen LogP contribution in [0.1, 0.15) is 35.2 Å². The number of carbonyl (C=O) groups excluding carboxylic acids is 1. The Morgan fingerprint density at radius 3 is 2.27 bits per heavy atom. The first-order valence-corrected chi connectivity index (χ1v) is 7.94. The average Bonchev–Trinajstić information content (AvgIpc) is 2.54. The largest absolute Gasteiger partial charge is 0.326 e. The van der Waals surface area contributed by atoms with Crippen molar-refractivity contribution in [2.45, 2.75) is 25.8 Å². The van der Waals surface area contributed by atoms with Crippen molar-refractivity contribution >= 4 is 11.6 Å². The van der Waals surface area contributed by atoms with E-state index in [1.54, 1.807) is 0 Å². The van der Waals surface area contributed by atoms with E-state index < -0.39 is 0 Å². The van der Waals surface area contributed by atoms with E-state index in [9.17, 15) is 4.79 Å². The van der Waals surface area contributed by atoms with Crippen molar-refractivity contribution in [1.29, 1.82) is 0 Å². The van der Waals surface area contributed by atoms with E-state index in [0.717, 1.165) is 23.4 Å². The van der Waals surface area contributed by atoms with E-state index in [1.165, 1.54) is 19.3 Å². The second-order valence-electron chi connectivity index (χ2n) is 5.95. The maximum absolute atomic E-state index is 12.9. The van der Waals surface area contributed by atoms with Crippen LogP contribution in [0.3, 0.4) is 0 Å². The van der Waals surface area contributed by atoms with Crippen molar-refractivity contribution in [1.82, 2.24) is 0 Å². The highest BCUT2D eigenvalue weighted by Gasteiger charge is 2.25. The maximum Gasteiger partial charge on any atom is 0.258 e. The van der Waals surface area contributed by atoms with Crippen LogP contribution in [0.15, 0.2) is 54.6 Å². The van der Waals surface area contributed by atoms with Gasteiger partial charge in [0.15, 0.2) is 0 Å². The van der Waals surface area contributed by atoms with Crippen molar-refractivity contribution in [3.05, 3.63) is 65.7 Å². The van der Waals surface area contributed by atoms with Crippen molar-refractivity contribution in [3.8, 4) is 0 Å². The molecule has 0 atom stereocenters. The highest BCUT2D eigenvalue weighted by Crippen LogP contribution is 2.29. The molecule has 0 bridgehead atoms. The van der Waals surface area contributed by atoms with E-state index in [4.69, 9.17) is 5.73 Å². The predicted octanol–water partition coefficient (Wildman–Crippen LogP) is 3.59. The first kappa shape index (κ1) is 14.8. The number of hydrogen-bond donors (Lipinski definition) is 1. The number of hydrogen-bond acceptors (Lipinski definition) is 2. The summed E-state index contributed by atoms with van der Waals surface area (Å²) in [6.07, 6.45) is 3.73. The van der Waals surface area contributed by atoms with Gasteiger partial charge in [-0.3, -0.25) is 4.79 Å². The Kier molecular flexibility index (Phi) is 4.54. The van der Waals surface area contributed by atoms with Crippen molar-refractivity contribution in [2.24, 2.45) is 11.7 Å². The Labute approximate surface area is 131 Å². The molecule has 1 aliphatic rings. The van der Waals surface area contributed by atoms with Crippen molar-refractivity contribution in [2.75, 3.05) is 11.4 Å². The number of carbonyl (C=O) groups is 1. The third-order valence-corrected chi connectivity index (χ3v) is 4.42. The fraction of sp³-hybridized carbons (Fsp3) is 0.316. The van der Waals surface area contributed by atoms with Crippen molar-refractivity contribution in [3.63, 3.8) is 0 Å². The smallest absolute Gasteiger partial charge is 0.258 e. The molecule has 0 unspecified atom stereocenters. The molecule has 1 amide bonds. The van der Waals surface area contributed by atoms with Gasteiger partial charge < -0.3 is 10.6 Å². The number of amides is 1. The molecule has 1 fully saturated rings. The van der Waals surface area contributed by atoms with E-state index >= 15 is 0 Å². The molecule has 0 aliphatic heterocycles. The van der Waals surface area contributed by atoms with Gasteiger partial charge in [-0.05, 0) is 48.6 Å². The molecule has 0 aromatic heterocycles. The summed E-state index contributed by atoms with van der Waals surface area (Å²) < 4.78 is 0. The average molecular weight is 294 g/mol. The molecule has 2 aromatic carbocycles. The molecule has 0 radical (unpaired) electrons. The highest BCUT2D eigenvalue weighted by atomic mass is 16.2. The van der Waals surface area contributed by atoms with Crippen LogP contribution < -0.4 is 10.6 Å². The Morgan fingerprint density at radius 1 is 1.05 bits per heavy atom. The molecule has 3 heteroatoms. The SMILES string of the molecule is NCc1ccc(C(=O)N(CC2CCC2)c2ccccc2)cc1. The fourth-order valence-electron chi connectivity index (χ4n) is 2.79. The minimum atomic E-state index is 0.0710. The number of nitrogens with zero attached hydrogens (tertiary/aromatic N) is 1. The molecule has 0 saturated heterocycles. The van der Waals surface area contributed by atoms with Gasteiger partial charge in [-0.15, -0.1) is 0 Å². The first-order valence-electron chi connectivity index (χ1n) is 7.94. The van der Waals surface area contributed by atoms with Gasteiger partial charge in [-0.1, -0.05) is 36.8 Å². The molecule has 1 saturated carbocycles. The van der Waals surface area contributed by atoms with Crippen LogP contribution in [0.25, 0.3) is 0 Å². The van der Waals surface area contributed by atoms with E-state index in [-0.39, 0.29) is 5.91 Å². The summed E-state index contributed by atoms with van der Waals surface area (Å²) >= 11 is 0. The summed E-state index contributed by atoms with van der Waals surface area (Å²) in [5, 5.41) is 0. The standard InChI is InChI=1S/C19H22N2O/c20-13-15-9-11-17(12-10-15)19(22)21(14-16-5-4-6-16)18-7-2-1-3-8-18/h1-3,7-12,16H,4-6,13-14,20H2. The van der Waals surface area contributed by atoms with Crippen LogP contribution in [0.2, 0.25) is 0 Å². The molecule has 2 aromatic rings. The number of benzene rings is 2. The quantitative estimate of drug-likeness (QED) is 0.916. The van der Waals surface area contributed by atoms with E-state index in [0.29, 0.717) is 12.5 Å². The van der Waals surface area contributed by atoms with Gasteiger partial charge in [0.2, 0.25) is 0 Å². The molecule has 2 N–H and O–H groups in total. The van der Waals surface area contributed by atoms with Gasteiger partial charge in [0, 0.05) is 24.3 Å². The third kappa shape index (κ3) is 3.20. The molecule has 22 heavy (non-hydrogen) atoms. The zero-order valence-electron chi connectivity index (χ0n) is 12.7. The van der Waals surface area contributed by atoms with E-state index in [2.05, 4.69) is 0 Å². The van der Waals surface area contributed by atoms with Gasteiger partial charge in [0.1, 0.15) is 0 Å². The molecular formula is C19H22N2O. The van der Waals surface area contributed by atoms with Gasteiger partial charge in [0.25, 0.3) is 5.91 Å². The van der Waals surface area contributed by atoms with Crippen LogP contribution >= 0.6 is 0 Å². The lowest BCUT2D eigenvalue weighted by Gasteiger charge is -2.32. The second-order valence-corrected chi connectivity index (χ2v) is 5.95. The Hall–Kier alpha value is -2.13. The van der Waals surface area contributed by atoms with Crippen LogP contribution in [-0.2, 0) is 6.54 Å². The molecule has 1 aliphatic carbocycles. The van der Waals surface area contributed by atoms with Gasteiger partial charge >= 0.3 is 0 Å². The predicted molar refractivity (Wildman–Crippen MR) is 89.8 cm³/mol. The second kappa shape index (κ2) is 6.75. The fourth-order valence-corrected chi connectivity index (χ4v) is 2.79. The topological polar surface area (TPSA) is 46.3 Å². The summed E-state index contributed by atoms with van der Waals surface area (Å²) in [6, 6.07) is 17.6. The molecule has 3 rings (SSSR count). The summed E-state index contributed by atoms with van der Waals surface area (Å²) in [7, 11) is 0. The minimum Gasteiger partial charge on any atom is -0.326 e. The third-order valence-electron chi connectivity index (χ3n) is 4.42. The van der Waals surface area contributed by atoms with Crippen LogP contribution in [-0.4, -0.2) is 12.5 Å². The zero-order chi connectivity index (χ0) is 15.4. The van der Waals surface area contributed by atoms with E-state index in [1.807, 2.05) is 59.5 Å². The zero-order valence-corrected chi connectivity index (χ0v) is 12.7. The lowest BCUT2D eigenvalue weighted by Crippen LogP contribution is -2.37. The molecular weight excluding hydrogens is 272 g/mol. The normalized spacial score (nSPS) is 14.4. The Morgan fingerprint density at radius 2 is 1.73 bits per heavy atom. The van der Waals surface area contributed by atoms with Crippen molar-refractivity contribution < 1.29 is 4.79 Å². The Bertz CT molecular complexity index is 618. The number of para-hydroxylation sites is 1. The summed E-state index contributed by atoms with van der Waals surface area (Å²) in [5.74, 6) is 0.703. The lowest BCUT2D eigenvalue weighted by atomic mass is 9.85. The number of anilines is 1. The van der Waals surface area contributed by atoms with Gasteiger partial charge in [0.05, 0.1) is 0 Å². The Balaban J connectivity index is 1.84. The minimum absolute atomic E-state index is 0.0710. The van der Waals surface area contributed by atoms with Crippen LogP contribution in [0.4, 0.5) is 5.69 Å². The molecule has 114 valence electrons. The number of rotatable bonds is 5. The molecule has 3 nitrogen and oxygen atoms in total. The molecule has 0 heterocycles. The van der Waals surface area contributed by atoms with Crippen LogP contribution in [0, 0.1) is 5.92 Å². The summed E-state index contributed by atoms with van der Waals surface area (Å²) in [6.45, 7) is 1.31. The maximum atomic E-state index is 12.9. The molecule has 0 spiro atoms. The van der Waals surface area contributed by atoms with Crippen LogP contribution in [0.5, 0.6) is 0 Å². The number of nitrogens with two attached hydrogens (primary N) is 1. The lowest BCUT2D eigenvalue weighted by molar-refractivity contribution is 0.0977. The summed E-state index contributed by atoms with van der Waals surface area (Å²) in [5.41, 5.74) is 8.36. The summed E-state index contributed by atoms with van der Waals surface area (Å²) in [4.78, 5) is 14.8. The highest BCUT2D eigenvalue weighted by molar-refractivity contribution is 6.06. The van der Waals surface area contributed by atoms with Gasteiger partial charge in [-0.2, -0.15) is 0 Å².